The molecule has 1 aromatic carbocycles. The Morgan fingerprint density at radius 1 is 1.53 bits per heavy atom. The van der Waals surface area contributed by atoms with Crippen molar-refractivity contribution in [1.29, 1.82) is 5.26 Å². The Morgan fingerprint density at radius 3 is 2.73 bits per heavy atom. The number of nitrogen functional groups attached to an aromatic ring is 1. The average molecular weight is 203 g/mol. The molecule has 0 aliphatic heterocycles. The van der Waals surface area contributed by atoms with Gasteiger partial charge >= 0.3 is 0 Å². The molecule has 0 heterocycles. The van der Waals surface area contributed by atoms with Gasteiger partial charge in [-0.2, -0.15) is 5.26 Å². The summed E-state index contributed by atoms with van der Waals surface area (Å²) < 4.78 is 0. The van der Waals surface area contributed by atoms with E-state index in [1.165, 1.54) is 0 Å². The van der Waals surface area contributed by atoms with Crippen LogP contribution in [0.25, 0.3) is 0 Å². The second-order valence-corrected chi connectivity index (χ2v) is 3.98. The maximum absolute atomic E-state index is 9.14. The van der Waals surface area contributed by atoms with Gasteiger partial charge in [0, 0.05) is 5.69 Å². The Morgan fingerprint density at radius 2 is 2.27 bits per heavy atom. The second-order valence-electron chi connectivity index (χ2n) is 3.98. The van der Waals surface area contributed by atoms with E-state index in [-0.39, 0.29) is 12.1 Å². The maximum Gasteiger partial charge on any atom is 0.101 e. The fourth-order valence-corrected chi connectivity index (χ4v) is 1.52. The molecule has 1 aliphatic rings. The van der Waals surface area contributed by atoms with Crippen molar-refractivity contribution in [2.45, 2.75) is 18.4 Å². The highest BCUT2D eigenvalue weighted by atomic mass is 16.3. The Hall–Kier alpha value is -1.73. The Kier molecular flexibility index (Phi) is 2.25. The third-order valence-corrected chi connectivity index (χ3v) is 2.74. The molecule has 0 bridgehead atoms. The summed E-state index contributed by atoms with van der Waals surface area (Å²) >= 11 is 0. The van der Waals surface area contributed by atoms with E-state index in [1.807, 2.05) is 12.1 Å². The van der Waals surface area contributed by atoms with Crippen LogP contribution in [0.15, 0.2) is 18.2 Å². The molecule has 0 atom stereocenters. The largest absolute Gasteiger partial charge is 0.398 e. The number of benzene rings is 1. The van der Waals surface area contributed by atoms with Crippen LogP contribution in [0.1, 0.15) is 18.4 Å². The van der Waals surface area contributed by atoms with Crippen LogP contribution in [0.4, 0.5) is 11.4 Å². The molecule has 4 N–H and O–H groups in total. The first-order valence-corrected chi connectivity index (χ1v) is 4.88. The van der Waals surface area contributed by atoms with Gasteiger partial charge in [0.1, 0.15) is 6.07 Å². The van der Waals surface area contributed by atoms with Crippen molar-refractivity contribution in [2.75, 3.05) is 17.7 Å². The lowest BCUT2D eigenvalue weighted by Crippen LogP contribution is -2.25. The minimum absolute atomic E-state index is 0.132. The lowest BCUT2D eigenvalue weighted by Gasteiger charge is -2.16. The maximum atomic E-state index is 9.14. The third-order valence-electron chi connectivity index (χ3n) is 2.74. The highest BCUT2D eigenvalue weighted by Crippen LogP contribution is 2.38. The summed E-state index contributed by atoms with van der Waals surface area (Å²) in [5.74, 6) is 0. The van der Waals surface area contributed by atoms with Crippen molar-refractivity contribution >= 4 is 11.4 Å². The van der Waals surface area contributed by atoms with Crippen LogP contribution in [-0.2, 0) is 0 Å². The van der Waals surface area contributed by atoms with Gasteiger partial charge in [-0.1, -0.05) is 0 Å². The van der Waals surface area contributed by atoms with Gasteiger partial charge in [-0.25, -0.2) is 0 Å². The molecule has 4 nitrogen and oxygen atoms in total. The van der Waals surface area contributed by atoms with E-state index >= 15 is 0 Å². The van der Waals surface area contributed by atoms with Gasteiger partial charge < -0.3 is 16.2 Å². The molecule has 1 saturated carbocycles. The summed E-state index contributed by atoms with van der Waals surface area (Å²) in [6.45, 7) is 0.132. The fraction of sp³-hybridized carbons (Fsp3) is 0.364. The molecule has 0 saturated heterocycles. The molecule has 0 unspecified atom stereocenters. The number of aliphatic hydroxyl groups is 1. The van der Waals surface area contributed by atoms with Crippen LogP contribution in [-0.4, -0.2) is 17.3 Å². The minimum Gasteiger partial charge on any atom is -0.398 e. The molecule has 1 aromatic rings. The molecular formula is C11H13N3O. The van der Waals surface area contributed by atoms with Crippen LogP contribution in [0.3, 0.4) is 0 Å². The number of nitrogens with two attached hydrogens (primary N) is 1. The molecule has 1 fully saturated rings. The number of nitriles is 1. The van der Waals surface area contributed by atoms with E-state index < -0.39 is 0 Å². The summed E-state index contributed by atoms with van der Waals surface area (Å²) in [6, 6.07) is 7.24. The van der Waals surface area contributed by atoms with Gasteiger partial charge in [-0.3, -0.25) is 0 Å². The summed E-state index contributed by atoms with van der Waals surface area (Å²) in [6.07, 6.45) is 1.95. The number of aliphatic hydroxyl groups excluding tert-OH is 1. The summed E-state index contributed by atoms with van der Waals surface area (Å²) in [5, 5.41) is 21.1. The van der Waals surface area contributed by atoms with Gasteiger partial charge in [0.2, 0.25) is 0 Å². The van der Waals surface area contributed by atoms with Crippen LogP contribution in [0.2, 0.25) is 0 Å². The van der Waals surface area contributed by atoms with E-state index in [4.69, 9.17) is 16.1 Å². The van der Waals surface area contributed by atoms with Crippen LogP contribution < -0.4 is 11.1 Å². The summed E-state index contributed by atoms with van der Waals surface area (Å²) in [7, 11) is 0. The topological polar surface area (TPSA) is 82.1 Å². The van der Waals surface area contributed by atoms with E-state index in [2.05, 4.69) is 5.32 Å². The molecule has 0 amide bonds. The number of anilines is 2. The van der Waals surface area contributed by atoms with E-state index in [1.54, 1.807) is 12.1 Å². The van der Waals surface area contributed by atoms with Gasteiger partial charge in [0.05, 0.1) is 23.4 Å². The first-order chi connectivity index (χ1) is 7.19. The predicted molar refractivity (Wildman–Crippen MR) is 58.2 cm³/mol. The Balaban J connectivity index is 2.17. The van der Waals surface area contributed by atoms with E-state index in [0.717, 1.165) is 18.5 Å². The third kappa shape index (κ3) is 1.88. The molecule has 2 rings (SSSR count). The van der Waals surface area contributed by atoms with E-state index in [0.29, 0.717) is 11.3 Å². The highest BCUT2D eigenvalue weighted by Gasteiger charge is 2.41. The fourth-order valence-electron chi connectivity index (χ4n) is 1.52. The van der Waals surface area contributed by atoms with Crippen molar-refractivity contribution < 1.29 is 5.11 Å². The second kappa shape index (κ2) is 3.44. The van der Waals surface area contributed by atoms with Crippen LogP contribution in [0.5, 0.6) is 0 Å². The summed E-state index contributed by atoms with van der Waals surface area (Å²) in [5.41, 5.74) is 7.34. The quantitative estimate of drug-likeness (QED) is 0.642. The van der Waals surface area contributed by atoms with Crippen molar-refractivity contribution in [3.8, 4) is 6.07 Å². The monoisotopic (exact) mass is 203 g/mol. The zero-order valence-corrected chi connectivity index (χ0v) is 8.33. The standard InChI is InChI=1S/C11H13N3O/c12-6-8-1-2-9(5-10(8)13)14-11(7-15)3-4-11/h1-2,5,14-15H,3-4,7,13H2. The zero-order chi connectivity index (χ0) is 10.9. The minimum atomic E-state index is -0.152. The lowest BCUT2D eigenvalue weighted by molar-refractivity contribution is 0.266. The Labute approximate surface area is 88.3 Å². The van der Waals surface area contributed by atoms with Gasteiger partial charge in [0.15, 0.2) is 0 Å². The van der Waals surface area contributed by atoms with Crippen molar-refractivity contribution in [1.82, 2.24) is 0 Å². The highest BCUT2D eigenvalue weighted by molar-refractivity contribution is 5.63. The van der Waals surface area contributed by atoms with Crippen LogP contribution >= 0.6 is 0 Å². The number of nitrogens with zero attached hydrogens (tertiary/aromatic N) is 1. The molecule has 0 spiro atoms. The number of hydrogen-bond donors (Lipinski definition) is 3. The van der Waals surface area contributed by atoms with Gasteiger partial charge in [-0.05, 0) is 31.0 Å². The van der Waals surface area contributed by atoms with Gasteiger partial charge in [-0.15, -0.1) is 0 Å². The van der Waals surface area contributed by atoms with Gasteiger partial charge in [0.25, 0.3) is 0 Å². The molecule has 0 radical (unpaired) electrons. The molecule has 15 heavy (non-hydrogen) atoms. The van der Waals surface area contributed by atoms with Crippen molar-refractivity contribution in [3.05, 3.63) is 23.8 Å². The smallest absolute Gasteiger partial charge is 0.101 e. The zero-order valence-electron chi connectivity index (χ0n) is 8.33. The van der Waals surface area contributed by atoms with E-state index in [9.17, 15) is 0 Å². The lowest BCUT2D eigenvalue weighted by atomic mass is 10.1. The molecular weight excluding hydrogens is 190 g/mol. The number of rotatable bonds is 3. The average Bonchev–Trinajstić information content (AvgIpc) is 2.99. The number of nitrogens with one attached hydrogen (secondary N) is 1. The van der Waals surface area contributed by atoms with Crippen molar-refractivity contribution in [3.63, 3.8) is 0 Å². The van der Waals surface area contributed by atoms with Crippen molar-refractivity contribution in [2.24, 2.45) is 0 Å². The molecule has 4 heteroatoms. The van der Waals surface area contributed by atoms with Crippen LogP contribution in [0, 0.1) is 11.3 Å². The summed E-state index contributed by atoms with van der Waals surface area (Å²) in [4.78, 5) is 0. The first-order valence-electron chi connectivity index (χ1n) is 4.88. The molecule has 78 valence electrons. The molecule has 1 aliphatic carbocycles. The number of hydrogen-bond acceptors (Lipinski definition) is 4. The SMILES string of the molecule is N#Cc1ccc(NC2(CO)CC2)cc1N. The first kappa shape index (κ1) is 9.81. The Bertz CT molecular complexity index is 418. The predicted octanol–water partition coefficient (Wildman–Crippen LogP) is 1.08. The molecule has 0 aromatic heterocycles. The normalized spacial score (nSPS) is 16.8.